The molecule has 0 aliphatic rings. The van der Waals surface area contributed by atoms with Gasteiger partial charge in [0, 0.05) is 45.6 Å². The average Bonchev–Trinajstić information content (AvgIpc) is 2.69. The maximum Gasteiger partial charge on any atom is 0.162 e. The first-order valence-corrected chi connectivity index (χ1v) is 10.1. The second-order valence-corrected chi connectivity index (χ2v) is 7.78. The molecule has 0 atom stereocenters. The normalized spacial score (nSPS) is 10.7. The van der Waals surface area contributed by atoms with Gasteiger partial charge < -0.3 is 14.8 Å². The fourth-order valence-electron chi connectivity index (χ4n) is 2.62. The molecule has 4 nitrogen and oxygen atoms in total. The van der Waals surface area contributed by atoms with Crippen LogP contribution in [0.25, 0.3) is 0 Å². The quantitative estimate of drug-likeness (QED) is 0.426. The van der Waals surface area contributed by atoms with Crippen molar-refractivity contribution < 1.29 is 9.47 Å². The molecule has 0 saturated carbocycles. The van der Waals surface area contributed by atoms with Crippen LogP contribution >= 0.6 is 39.1 Å². The summed E-state index contributed by atoms with van der Waals surface area (Å²) in [4.78, 5) is 4.03. The summed E-state index contributed by atoms with van der Waals surface area (Å²) in [5.41, 5.74) is 3.10. The van der Waals surface area contributed by atoms with Crippen LogP contribution in [0.5, 0.6) is 11.5 Å². The van der Waals surface area contributed by atoms with Crippen LogP contribution in [-0.2, 0) is 19.7 Å². The molecule has 3 aromatic rings. The van der Waals surface area contributed by atoms with E-state index in [1.54, 1.807) is 31.6 Å². The highest BCUT2D eigenvalue weighted by atomic mass is 79.9. The highest BCUT2D eigenvalue weighted by molar-refractivity contribution is 9.10. The van der Waals surface area contributed by atoms with E-state index in [4.69, 9.17) is 32.7 Å². The number of rotatable bonds is 8. The summed E-state index contributed by atoms with van der Waals surface area (Å²) in [7, 11) is 1.62. The minimum Gasteiger partial charge on any atom is -0.493 e. The predicted molar refractivity (Wildman–Crippen MR) is 116 cm³/mol. The van der Waals surface area contributed by atoms with Gasteiger partial charge in [0.25, 0.3) is 0 Å². The van der Waals surface area contributed by atoms with Gasteiger partial charge in [-0.1, -0.05) is 45.2 Å². The summed E-state index contributed by atoms with van der Waals surface area (Å²) in [6, 6.07) is 13.2. The zero-order chi connectivity index (χ0) is 19.9. The number of hydrogen-bond donors (Lipinski definition) is 1. The molecule has 0 radical (unpaired) electrons. The van der Waals surface area contributed by atoms with Gasteiger partial charge in [0.2, 0.25) is 0 Å². The lowest BCUT2D eigenvalue weighted by atomic mass is 10.2. The molecule has 1 heterocycles. The molecular weight excluding hydrogens is 463 g/mol. The molecule has 0 aliphatic carbocycles. The molecule has 1 N–H and O–H groups in total. The van der Waals surface area contributed by atoms with Crippen molar-refractivity contribution in [3.05, 3.63) is 86.1 Å². The van der Waals surface area contributed by atoms with Gasteiger partial charge in [-0.25, -0.2) is 0 Å². The van der Waals surface area contributed by atoms with Crippen molar-refractivity contribution in [2.75, 3.05) is 7.11 Å². The van der Waals surface area contributed by atoms with Crippen molar-refractivity contribution in [1.82, 2.24) is 10.3 Å². The second-order valence-electron chi connectivity index (χ2n) is 6.08. The third kappa shape index (κ3) is 5.61. The monoisotopic (exact) mass is 480 g/mol. The van der Waals surface area contributed by atoms with E-state index in [-0.39, 0.29) is 0 Å². The first kappa shape index (κ1) is 20.9. The zero-order valence-electron chi connectivity index (χ0n) is 15.2. The minimum absolute atomic E-state index is 0.318. The number of benzene rings is 2. The molecule has 1 aromatic heterocycles. The Balaban J connectivity index is 1.66. The molecular formula is C21H19BrCl2N2O2. The molecule has 0 saturated heterocycles. The Morgan fingerprint density at radius 2 is 1.75 bits per heavy atom. The number of nitrogens with one attached hydrogen (secondary N) is 1. The third-order valence-corrected chi connectivity index (χ3v) is 5.45. The largest absolute Gasteiger partial charge is 0.493 e. The molecule has 0 aliphatic heterocycles. The molecule has 28 heavy (non-hydrogen) atoms. The molecule has 0 unspecified atom stereocenters. The van der Waals surface area contributed by atoms with Gasteiger partial charge >= 0.3 is 0 Å². The lowest BCUT2D eigenvalue weighted by Gasteiger charge is -2.15. The maximum absolute atomic E-state index is 6.22. The Morgan fingerprint density at radius 1 is 0.964 bits per heavy atom. The van der Waals surface area contributed by atoms with E-state index in [0.29, 0.717) is 34.7 Å². The van der Waals surface area contributed by atoms with Crippen LogP contribution in [0, 0.1) is 0 Å². The molecule has 7 heteroatoms. The second kappa shape index (κ2) is 10.1. The summed E-state index contributed by atoms with van der Waals surface area (Å²) >= 11 is 15.8. The number of ether oxygens (including phenoxy) is 2. The van der Waals surface area contributed by atoms with Crippen LogP contribution in [-0.4, -0.2) is 12.1 Å². The van der Waals surface area contributed by atoms with Crippen molar-refractivity contribution in [3.63, 3.8) is 0 Å². The Labute approximate surface area is 182 Å². The first-order valence-electron chi connectivity index (χ1n) is 8.59. The van der Waals surface area contributed by atoms with Crippen LogP contribution in [0.2, 0.25) is 10.0 Å². The molecule has 3 rings (SSSR count). The van der Waals surface area contributed by atoms with Gasteiger partial charge in [0.1, 0.15) is 6.61 Å². The van der Waals surface area contributed by atoms with Crippen molar-refractivity contribution in [3.8, 4) is 11.5 Å². The maximum atomic E-state index is 6.22. The first-order chi connectivity index (χ1) is 13.6. The van der Waals surface area contributed by atoms with E-state index >= 15 is 0 Å². The number of hydrogen-bond acceptors (Lipinski definition) is 4. The zero-order valence-corrected chi connectivity index (χ0v) is 18.3. The number of halogens is 3. The topological polar surface area (TPSA) is 43.4 Å². The lowest BCUT2D eigenvalue weighted by molar-refractivity contribution is 0.284. The molecule has 0 amide bonds. The van der Waals surface area contributed by atoms with E-state index in [1.807, 2.05) is 30.3 Å². The van der Waals surface area contributed by atoms with E-state index in [9.17, 15) is 0 Å². The number of pyridine rings is 1. The predicted octanol–water partition coefficient (Wildman–Crippen LogP) is 6.03. The summed E-state index contributed by atoms with van der Waals surface area (Å²) in [5, 5.41) is 4.58. The van der Waals surface area contributed by atoms with Gasteiger partial charge in [-0.15, -0.1) is 0 Å². The highest BCUT2D eigenvalue weighted by Crippen LogP contribution is 2.34. The molecule has 0 spiro atoms. The lowest BCUT2D eigenvalue weighted by Crippen LogP contribution is -2.13. The smallest absolute Gasteiger partial charge is 0.162 e. The standard InChI is InChI=1S/C21H19BrCl2N2O2/c1-27-20-8-16(12-26-11-14-4-6-25-7-5-14)18(22)10-21(20)28-13-15-2-3-17(23)9-19(15)24/h2-10,26H,11-13H2,1H3. The SMILES string of the molecule is COc1cc(CNCc2ccncc2)c(Br)cc1OCc1ccc(Cl)cc1Cl. The molecule has 146 valence electrons. The van der Waals surface area contributed by atoms with Crippen molar-refractivity contribution in [2.45, 2.75) is 19.7 Å². The van der Waals surface area contributed by atoms with Crippen LogP contribution in [0.15, 0.2) is 59.3 Å². The van der Waals surface area contributed by atoms with E-state index in [2.05, 4.69) is 26.2 Å². The van der Waals surface area contributed by atoms with Crippen molar-refractivity contribution in [1.29, 1.82) is 0 Å². The Bertz CT molecular complexity index is 939. The van der Waals surface area contributed by atoms with Gasteiger partial charge in [0.15, 0.2) is 11.5 Å². The summed E-state index contributed by atoms with van der Waals surface area (Å²) in [5.74, 6) is 1.30. The third-order valence-electron chi connectivity index (χ3n) is 4.12. The van der Waals surface area contributed by atoms with Crippen LogP contribution in [0.3, 0.4) is 0 Å². The number of methoxy groups -OCH3 is 1. The van der Waals surface area contributed by atoms with E-state index < -0.39 is 0 Å². The fourth-order valence-corrected chi connectivity index (χ4v) is 3.55. The Kier molecular flexibility index (Phi) is 7.57. The van der Waals surface area contributed by atoms with Gasteiger partial charge in [-0.05, 0) is 47.5 Å². The highest BCUT2D eigenvalue weighted by Gasteiger charge is 2.12. The van der Waals surface area contributed by atoms with Crippen LogP contribution < -0.4 is 14.8 Å². The van der Waals surface area contributed by atoms with E-state index in [0.717, 1.165) is 22.1 Å². The molecule has 2 aromatic carbocycles. The van der Waals surface area contributed by atoms with E-state index in [1.165, 1.54) is 5.56 Å². The summed E-state index contributed by atoms with van der Waals surface area (Å²) in [6.45, 7) is 1.76. The Hall–Kier alpha value is -1.79. The fraction of sp³-hybridized carbons (Fsp3) is 0.190. The van der Waals surface area contributed by atoms with Crippen molar-refractivity contribution in [2.24, 2.45) is 0 Å². The number of aromatic nitrogens is 1. The molecule has 0 bridgehead atoms. The van der Waals surface area contributed by atoms with Crippen LogP contribution in [0.4, 0.5) is 0 Å². The van der Waals surface area contributed by atoms with Gasteiger partial charge in [-0.3, -0.25) is 4.98 Å². The summed E-state index contributed by atoms with van der Waals surface area (Å²) < 4.78 is 12.4. The van der Waals surface area contributed by atoms with Crippen molar-refractivity contribution >= 4 is 39.1 Å². The van der Waals surface area contributed by atoms with Crippen LogP contribution in [0.1, 0.15) is 16.7 Å². The minimum atomic E-state index is 0.318. The molecule has 0 fully saturated rings. The Morgan fingerprint density at radius 3 is 2.46 bits per heavy atom. The number of nitrogens with zero attached hydrogens (tertiary/aromatic N) is 1. The van der Waals surface area contributed by atoms with Gasteiger partial charge in [-0.2, -0.15) is 0 Å². The van der Waals surface area contributed by atoms with Gasteiger partial charge in [0.05, 0.1) is 7.11 Å². The summed E-state index contributed by atoms with van der Waals surface area (Å²) in [6.07, 6.45) is 3.57. The average molecular weight is 482 g/mol.